The van der Waals surface area contributed by atoms with Gasteiger partial charge < -0.3 is 10.2 Å². The van der Waals surface area contributed by atoms with E-state index in [1.807, 2.05) is 12.1 Å². The first-order valence-corrected chi connectivity index (χ1v) is 7.36. The molecule has 0 aliphatic carbocycles. The van der Waals surface area contributed by atoms with Crippen LogP contribution in [-0.4, -0.2) is 10.2 Å². The minimum atomic E-state index is -0.551. The SMILES string of the molecule is CCC(CCCc1ccc(O)cc1)c1ccc(O)c(F)c1. The number of benzene rings is 2. The first-order valence-electron chi connectivity index (χ1n) is 7.36. The normalized spacial score (nSPS) is 12.3. The van der Waals surface area contributed by atoms with E-state index >= 15 is 0 Å². The summed E-state index contributed by atoms with van der Waals surface area (Å²) < 4.78 is 13.4. The second-order valence-electron chi connectivity index (χ2n) is 5.37. The molecule has 0 amide bonds. The molecule has 1 atom stereocenters. The molecule has 0 fully saturated rings. The first-order chi connectivity index (χ1) is 10.1. The highest BCUT2D eigenvalue weighted by Crippen LogP contribution is 2.28. The zero-order chi connectivity index (χ0) is 15.2. The van der Waals surface area contributed by atoms with Crippen molar-refractivity contribution in [2.24, 2.45) is 0 Å². The molecule has 0 saturated heterocycles. The highest BCUT2D eigenvalue weighted by atomic mass is 19.1. The predicted octanol–water partition coefficient (Wildman–Crippen LogP) is 4.75. The van der Waals surface area contributed by atoms with Gasteiger partial charge in [0.2, 0.25) is 0 Å². The van der Waals surface area contributed by atoms with Gasteiger partial charge in [-0.3, -0.25) is 0 Å². The van der Waals surface area contributed by atoms with Crippen molar-refractivity contribution in [1.82, 2.24) is 0 Å². The lowest BCUT2D eigenvalue weighted by Gasteiger charge is -2.15. The summed E-state index contributed by atoms with van der Waals surface area (Å²) in [6, 6.07) is 11.9. The van der Waals surface area contributed by atoms with E-state index in [1.54, 1.807) is 18.2 Å². The molecule has 0 spiro atoms. The van der Waals surface area contributed by atoms with Crippen LogP contribution in [0, 0.1) is 5.82 Å². The summed E-state index contributed by atoms with van der Waals surface area (Å²) in [6.45, 7) is 2.09. The number of aryl methyl sites for hydroxylation is 1. The van der Waals surface area contributed by atoms with Crippen molar-refractivity contribution in [1.29, 1.82) is 0 Å². The molecule has 0 aromatic heterocycles. The summed E-state index contributed by atoms with van der Waals surface area (Å²) in [5.41, 5.74) is 2.14. The van der Waals surface area contributed by atoms with E-state index in [1.165, 1.54) is 17.7 Å². The topological polar surface area (TPSA) is 40.5 Å². The number of aromatic hydroxyl groups is 2. The molecule has 0 aliphatic rings. The Labute approximate surface area is 124 Å². The molecule has 0 bridgehead atoms. The Morgan fingerprint density at radius 2 is 1.76 bits per heavy atom. The van der Waals surface area contributed by atoms with Crippen LogP contribution < -0.4 is 0 Å². The van der Waals surface area contributed by atoms with Crippen LogP contribution in [0.3, 0.4) is 0 Å². The standard InChI is InChI=1S/C18H21FO2/c1-2-14(15-8-11-18(21)17(19)12-15)5-3-4-13-6-9-16(20)10-7-13/h6-12,14,20-21H,2-5H2,1H3. The maximum absolute atomic E-state index is 13.4. The lowest BCUT2D eigenvalue weighted by atomic mass is 9.90. The Kier molecular flexibility index (Phi) is 5.20. The molecule has 0 aliphatic heterocycles. The van der Waals surface area contributed by atoms with E-state index in [-0.39, 0.29) is 11.5 Å². The van der Waals surface area contributed by atoms with Crippen LogP contribution in [0.15, 0.2) is 42.5 Å². The molecule has 3 heteroatoms. The van der Waals surface area contributed by atoms with Crippen LogP contribution in [0.5, 0.6) is 11.5 Å². The van der Waals surface area contributed by atoms with Crippen molar-refractivity contribution < 1.29 is 14.6 Å². The molecule has 2 aromatic rings. The van der Waals surface area contributed by atoms with Gasteiger partial charge >= 0.3 is 0 Å². The average molecular weight is 288 g/mol. The molecule has 112 valence electrons. The summed E-state index contributed by atoms with van der Waals surface area (Å²) in [4.78, 5) is 0. The van der Waals surface area contributed by atoms with Crippen LogP contribution in [0.25, 0.3) is 0 Å². The highest BCUT2D eigenvalue weighted by molar-refractivity contribution is 5.30. The number of hydrogen-bond donors (Lipinski definition) is 2. The van der Waals surface area contributed by atoms with Crippen LogP contribution in [0.1, 0.15) is 43.2 Å². The van der Waals surface area contributed by atoms with E-state index in [4.69, 9.17) is 0 Å². The van der Waals surface area contributed by atoms with Crippen LogP contribution in [0.4, 0.5) is 4.39 Å². The largest absolute Gasteiger partial charge is 0.508 e. The summed E-state index contributed by atoms with van der Waals surface area (Å²) >= 11 is 0. The summed E-state index contributed by atoms with van der Waals surface area (Å²) in [7, 11) is 0. The van der Waals surface area contributed by atoms with E-state index in [0.717, 1.165) is 31.2 Å². The lowest BCUT2D eigenvalue weighted by Crippen LogP contribution is -1.99. The summed E-state index contributed by atoms with van der Waals surface area (Å²) in [5.74, 6) is -0.260. The molecule has 2 nitrogen and oxygen atoms in total. The fourth-order valence-electron chi connectivity index (χ4n) is 2.60. The smallest absolute Gasteiger partial charge is 0.165 e. The van der Waals surface area contributed by atoms with Crippen molar-refractivity contribution in [3.63, 3.8) is 0 Å². The van der Waals surface area contributed by atoms with Gasteiger partial charge in [-0.25, -0.2) is 4.39 Å². The molecule has 2 aromatic carbocycles. The number of hydrogen-bond acceptors (Lipinski definition) is 2. The molecule has 0 heterocycles. The molecule has 0 radical (unpaired) electrons. The molecular formula is C18H21FO2. The first kappa shape index (κ1) is 15.4. The van der Waals surface area contributed by atoms with Crippen molar-refractivity contribution in [3.8, 4) is 11.5 Å². The Hall–Kier alpha value is -2.03. The van der Waals surface area contributed by atoms with E-state index in [2.05, 4.69) is 6.92 Å². The molecule has 21 heavy (non-hydrogen) atoms. The van der Waals surface area contributed by atoms with Gasteiger partial charge in [-0.2, -0.15) is 0 Å². The predicted molar refractivity (Wildman–Crippen MR) is 82.1 cm³/mol. The molecular weight excluding hydrogens is 267 g/mol. The highest BCUT2D eigenvalue weighted by Gasteiger charge is 2.11. The van der Waals surface area contributed by atoms with Crippen LogP contribution >= 0.6 is 0 Å². The van der Waals surface area contributed by atoms with Crippen molar-refractivity contribution >= 4 is 0 Å². The number of rotatable bonds is 6. The van der Waals surface area contributed by atoms with Gasteiger partial charge in [0.15, 0.2) is 11.6 Å². The number of phenols is 2. The Balaban J connectivity index is 1.93. The Morgan fingerprint density at radius 3 is 2.38 bits per heavy atom. The van der Waals surface area contributed by atoms with E-state index in [0.29, 0.717) is 5.92 Å². The monoisotopic (exact) mass is 288 g/mol. The van der Waals surface area contributed by atoms with E-state index in [9.17, 15) is 14.6 Å². The molecule has 2 N–H and O–H groups in total. The third-order valence-electron chi connectivity index (χ3n) is 3.89. The quantitative estimate of drug-likeness (QED) is 0.805. The minimum Gasteiger partial charge on any atom is -0.508 e. The fraction of sp³-hybridized carbons (Fsp3) is 0.333. The second-order valence-corrected chi connectivity index (χ2v) is 5.37. The van der Waals surface area contributed by atoms with Crippen LogP contribution in [-0.2, 0) is 6.42 Å². The minimum absolute atomic E-state index is 0.282. The zero-order valence-electron chi connectivity index (χ0n) is 12.2. The van der Waals surface area contributed by atoms with Gasteiger partial charge in [-0.05, 0) is 67.0 Å². The Morgan fingerprint density at radius 1 is 1.05 bits per heavy atom. The number of phenolic OH excluding ortho intramolecular Hbond substituents is 2. The number of halogens is 1. The van der Waals surface area contributed by atoms with Gasteiger partial charge in [0, 0.05) is 0 Å². The molecule has 0 saturated carbocycles. The third kappa shape index (κ3) is 4.22. The van der Waals surface area contributed by atoms with Crippen molar-refractivity contribution in [2.75, 3.05) is 0 Å². The summed E-state index contributed by atoms with van der Waals surface area (Å²) in [6.07, 6.45) is 3.87. The average Bonchev–Trinajstić information content (AvgIpc) is 2.49. The van der Waals surface area contributed by atoms with Crippen LogP contribution in [0.2, 0.25) is 0 Å². The van der Waals surface area contributed by atoms with Crippen molar-refractivity contribution in [2.45, 2.75) is 38.5 Å². The third-order valence-corrected chi connectivity index (χ3v) is 3.89. The second kappa shape index (κ2) is 7.11. The summed E-state index contributed by atoms with van der Waals surface area (Å²) in [5, 5.41) is 18.5. The van der Waals surface area contributed by atoms with E-state index < -0.39 is 5.82 Å². The Bertz CT molecular complexity index is 578. The van der Waals surface area contributed by atoms with Crippen molar-refractivity contribution in [3.05, 3.63) is 59.4 Å². The molecule has 1 unspecified atom stereocenters. The van der Waals surface area contributed by atoms with Gasteiger partial charge in [-0.1, -0.05) is 25.1 Å². The fourth-order valence-corrected chi connectivity index (χ4v) is 2.60. The van der Waals surface area contributed by atoms with Gasteiger partial charge in [0.25, 0.3) is 0 Å². The van der Waals surface area contributed by atoms with Gasteiger partial charge in [-0.15, -0.1) is 0 Å². The zero-order valence-corrected chi connectivity index (χ0v) is 12.2. The maximum Gasteiger partial charge on any atom is 0.165 e. The van der Waals surface area contributed by atoms with Gasteiger partial charge in [0.1, 0.15) is 5.75 Å². The maximum atomic E-state index is 13.4. The molecule has 2 rings (SSSR count). The van der Waals surface area contributed by atoms with Gasteiger partial charge in [0.05, 0.1) is 0 Å². The lowest BCUT2D eigenvalue weighted by molar-refractivity contribution is 0.430.